The Hall–Kier alpha value is -1.22. The molecule has 1 saturated carbocycles. The van der Waals surface area contributed by atoms with Crippen LogP contribution >= 0.6 is 0 Å². The Morgan fingerprint density at radius 1 is 1.11 bits per heavy atom. The van der Waals surface area contributed by atoms with Gasteiger partial charge in [-0.25, -0.2) is 0 Å². The third kappa shape index (κ3) is 2.44. The first-order valence-corrected chi connectivity index (χ1v) is 7.21. The molecule has 3 nitrogen and oxygen atoms in total. The molecule has 1 aliphatic carbocycles. The lowest BCUT2D eigenvalue weighted by Crippen LogP contribution is -2.25. The maximum Gasteiger partial charge on any atom is 0.161 e. The van der Waals surface area contributed by atoms with Crippen LogP contribution in [0.2, 0.25) is 0 Å². The number of nitrogens with one attached hydrogen (secondary N) is 1. The van der Waals surface area contributed by atoms with Crippen LogP contribution in [0, 0.1) is 11.8 Å². The average molecular weight is 261 g/mol. The first-order valence-electron chi connectivity index (χ1n) is 7.21. The van der Waals surface area contributed by atoms with Crippen LogP contribution < -0.4 is 14.8 Å². The van der Waals surface area contributed by atoms with E-state index in [9.17, 15) is 0 Å². The number of hydrogen-bond acceptors (Lipinski definition) is 3. The molecular formula is C16H23NO2. The summed E-state index contributed by atoms with van der Waals surface area (Å²) in [5.74, 6) is 3.18. The van der Waals surface area contributed by atoms with E-state index < -0.39 is 0 Å². The maximum atomic E-state index is 5.47. The smallest absolute Gasteiger partial charge is 0.161 e. The molecule has 0 aromatic heterocycles. The molecule has 0 bridgehead atoms. The van der Waals surface area contributed by atoms with E-state index >= 15 is 0 Å². The summed E-state index contributed by atoms with van der Waals surface area (Å²) < 4.78 is 10.9. The van der Waals surface area contributed by atoms with Gasteiger partial charge >= 0.3 is 0 Å². The molecule has 1 N–H and O–H groups in total. The topological polar surface area (TPSA) is 30.5 Å². The zero-order valence-corrected chi connectivity index (χ0v) is 12.0. The minimum absolute atomic E-state index is 0.500. The Kier molecular flexibility index (Phi) is 3.40. The molecule has 1 fully saturated rings. The van der Waals surface area contributed by atoms with Crippen LogP contribution in [0.5, 0.6) is 11.5 Å². The van der Waals surface area contributed by atoms with Crippen LogP contribution in [0.4, 0.5) is 0 Å². The number of ether oxygens (including phenoxy) is 2. The first kappa shape index (κ1) is 12.8. The van der Waals surface area contributed by atoms with Gasteiger partial charge in [0.05, 0.1) is 14.2 Å². The molecular weight excluding hydrogens is 238 g/mol. The van der Waals surface area contributed by atoms with Gasteiger partial charge in [-0.2, -0.15) is 0 Å². The normalized spacial score (nSPS) is 26.5. The number of hydrogen-bond donors (Lipinski definition) is 1. The SMILES string of the molecule is COc1cc2c(cc1OC)C(C1CC1)NCC(C)C2. The average Bonchev–Trinajstić information content (AvgIpc) is 3.23. The van der Waals surface area contributed by atoms with E-state index in [1.165, 1.54) is 24.0 Å². The molecule has 2 unspecified atom stereocenters. The Labute approximate surface area is 115 Å². The van der Waals surface area contributed by atoms with Gasteiger partial charge in [-0.3, -0.25) is 0 Å². The second-order valence-electron chi connectivity index (χ2n) is 5.94. The summed E-state index contributed by atoms with van der Waals surface area (Å²) in [6.45, 7) is 3.41. The molecule has 0 saturated heterocycles. The highest BCUT2D eigenvalue weighted by molar-refractivity contribution is 5.49. The molecule has 1 aliphatic heterocycles. The Morgan fingerprint density at radius 2 is 1.79 bits per heavy atom. The van der Waals surface area contributed by atoms with Crippen molar-refractivity contribution in [2.24, 2.45) is 11.8 Å². The third-order valence-corrected chi connectivity index (χ3v) is 4.33. The lowest BCUT2D eigenvalue weighted by atomic mass is 9.93. The summed E-state index contributed by atoms with van der Waals surface area (Å²) in [6, 6.07) is 4.86. The molecule has 2 aliphatic rings. The highest BCUT2D eigenvalue weighted by atomic mass is 16.5. The Balaban J connectivity index is 2.05. The van der Waals surface area contributed by atoms with Crippen LogP contribution in [0.1, 0.15) is 36.9 Å². The summed E-state index contributed by atoms with van der Waals surface area (Å²) in [4.78, 5) is 0. The standard InChI is InChI=1S/C16H23NO2/c1-10-6-12-7-14(18-2)15(19-3)8-13(12)16(17-9-10)11-4-5-11/h7-8,10-11,16-17H,4-6,9H2,1-3H3. The fourth-order valence-corrected chi connectivity index (χ4v) is 3.14. The van der Waals surface area contributed by atoms with E-state index in [-0.39, 0.29) is 0 Å². The van der Waals surface area contributed by atoms with E-state index in [1.807, 2.05) is 0 Å². The van der Waals surface area contributed by atoms with Crippen molar-refractivity contribution in [3.8, 4) is 11.5 Å². The molecule has 2 atom stereocenters. The van der Waals surface area contributed by atoms with Crippen molar-refractivity contribution in [3.05, 3.63) is 23.3 Å². The van der Waals surface area contributed by atoms with Gasteiger partial charge in [-0.15, -0.1) is 0 Å². The van der Waals surface area contributed by atoms with Crippen LogP contribution in [0.25, 0.3) is 0 Å². The fraction of sp³-hybridized carbons (Fsp3) is 0.625. The largest absolute Gasteiger partial charge is 0.493 e. The number of fused-ring (bicyclic) bond motifs is 1. The predicted molar refractivity (Wildman–Crippen MR) is 75.9 cm³/mol. The van der Waals surface area contributed by atoms with E-state index in [2.05, 4.69) is 24.4 Å². The molecule has 1 heterocycles. The van der Waals surface area contributed by atoms with Crippen LogP contribution in [0.3, 0.4) is 0 Å². The van der Waals surface area contributed by atoms with Crippen LogP contribution in [-0.4, -0.2) is 20.8 Å². The van der Waals surface area contributed by atoms with Crippen molar-refractivity contribution in [1.29, 1.82) is 0 Å². The van der Waals surface area contributed by atoms with Crippen LogP contribution in [-0.2, 0) is 6.42 Å². The fourth-order valence-electron chi connectivity index (χ4n) is 3.14. The molecule has 0 spiro atoms. The highest BCUT2D eigenvalue weighted by Crippen LogP contribution is 2.45. The second-order valence-corrected chi connectivity index (χ2v) is 5.94. The van der Waals surface area contributed by atoms with Crippen molar-refractivity contribution in [1.82, 2.24) is 5.32 Å². The van der Waals surface area contributed by atoms with Crippen molar-refractivity contribution < 1.29 is 9.47 Å². The minimum Gasteiger partial charge on any atom is -0.493 e. The van der Waals surface area contributed by atoms with Gasteiger partial charge in [-0.1, -0.05) is 6.92 Å². The van der Waals surface area contributed by atoms with E-state index in [1.54, 1.807) is 14.2 Å². The Morgan fingerprint density at radius 3 is 2.42 bits per heavy atom. The molecule has 19 heavy (non-hydrogen) atoms. The molecule has 0 radical (unpaired) electrons. The van der Waals surface area contributed by atoms with E-state index in [0.29, 0.717) is 12.0 Å². The van der Waals surface area contributed by atoms with Gasteiger partial charge in [0, 0.05) is 6.04 Å². The van der Waals surface area contributed by atoms with Crippen LogP contribution in [0.15, 0.2) is 12.1 Å². The maximum absolute atomic E-state index is 5.47. The Bertz CT molecular complexity index is 468. The molecule has 3 heteroatoms. The summed E-state index contributed by atoms with van der Waals surface area (Å²) in [6.07, 6.45) is 3.81. The monoisotopic (exact) mass is 261 g/mol. The zero-order chi connectivity index (χ0) is 13.4. The second kappa shape index (κ2) is 5.04. The van der Waals surface area contributed by atoms with Crippen molar-refractivity contribution in [3.63, 3.8) is 0 Å². The van der Waals surface area contributed by atoms with Gasteiger partial charge < -0.3 is 14.8 Å². The van der Waals surface area contributed by atoms with E-state index in [0.717, 1.165) is 30.4 Å². The minimum atomic E-state index is 0.500. The van der Waals surface area contributed by atoms with Gasteiger partial charge in [0.2, 0.25) is 0 Å². The van der Waals surface area contributed by atoms with Crippen molar-refractivity contribution in [2.75, 3.05) is 20.8 Å². The highest BCUT2D eigenvalue weighted by Gasteiger charge is 2.35. The number of rotatable bonds is 3. The van der Waals surface area contributed by atoms with E-state index in [4.69, 9.17) is 9.47 Å². The molecule has 3 rings (SSSR count). The van der Waals surface area contributed by atoms with Gasteiger partial charge in [0.15, 0.2) is 11.5 Å². The van der Waals surface area contributed by atoms with Crippen molar-refractivity contribution >= 4 is 0 Å². The first-order chi connectivity index (χ1) is 9.22. The molecule has 104 valence electrons. The number of benzene rings is 1. The van der Waals surface area contributed by atoms with Gasteiger partial charge in [-0.05, 0) is 60.9 Å². The summed E-state index contributed by atoms with van der Waals surface area (Å²) in [5, 5.41) is 3.74. The number of methoxy groups -OCH3 is 2. The molecule has 0 amide bonds. The lowest BCUT2D eigenvalue weighted by molar-refractivity contribution is 0.353. The van der Waals surface area contributed by atoms with Gasteiger partial charge in [0.25, 0.3) is 0 Å². The molecule has 1 aromatic carbocycles. The quantitative estimate of drug-likeness (QED) is 0.907. The molecule has 1 aromatic rings. The predicted octanol–water partition coefficient (Wildman–Crippen LogP) is 2.94. The zero-order valence-electron chi connectivity index (χ0n) is 12.0. The third-order valence-electron chi connectivity index (χ3n) is 4.33. The summed E-state index contributed by atoms with van der Waals surface area (Å²) >= 11 is 0. The summed E-state index contributed by atoms with van der Waals surface area (Å²) in [5.41, 5.74) is 2.84. The summed E-state index contributed by atoms with van der Waals surface area (Å²) in [7, 11) is 3.42. The van der Waals surface area contributed by atoms with Crippen molar-refractivity contribution in [2.45, 2.75) is 32.2 Å². The van der Waals surface area contributed by atoms with Gasteiger partial charge in [0.1, 0.15) is 0 Å². The lowest BCUT2D eigenvalue weighted by Gasteiger charge is -2.20.